The second-order valence-electron chi connectivity index (χ2n) is 7.81. The first-order chi connectivity index (χ1) is 16.2. The molecule has 0 radical (unpaired) electrons. The Morgan fingerprint density at radius 1 is 0.706 bits per heavy atom. The summed E-state index contributed by atoms with van der Waals surface area (Å²) >= 11 is 0. The van der Waals surface area contributed by atoms with E-state index in [1.807, 2.05) is 0 Å². The molecular formula is C24H25N3O5S2. The van der Waals surface area contributed by atoms with Crippen LogP contribution in [0.2, 0.25) is 0 Å². The van der Waals surface area contributed by atoms with Crippen molar-refractivity contribution in [1.82, 2.24) is 9.21 Å². The zero-order valence-electron chi connectivity index (χ0n) is 18.6. The SMILES string of the molecule is CN(c1ccccc1C(=O)N1CCN(S(=O)(=O)c2ccccc2)CC1)S(=O)(=O)c1ccccc1. The molecule has 1 saturated heterocycles. The Balaban J connectivity index is 1.53. The fourth-order valence-electron chi connectivity index (χ4n) is 3.85. The van der Waals surface area contributed by atoms with Gasteiger partial charge in [-0.3, -0.25) is 9.10 Å². The molecular weight excluding hydrogens is 474 g/mol. The van der Waals surface area contributed by atoms with Gasteiger partial charge >= 0.3 is 0 Å². The molecule has 1 aliphatic heterocycles. The van der Waals surface area contributed by atoms with Crippen LogP contribution in [0.3, 0.4) is 0 Å². The van der Waals surface area contributed by atoms with Crippen LogP contribution in [0.15, 0.2) is 94.7 Å². The molecule has 0 atom stereocenters. The number of amides is 1. The number of carbonyl (C=O) groups excluding carboxylic acids is 1. The Morgan fingerprint density at radius 3 is 1.79 bits per heavy atom. The second-order valence-corrected chi connectivity index (χ2v) is 11.7. The Kier molecular flexibility index (Phi) is 6.74. The van der Waals surface area contributed by atoms with Crippen LogP contribution in [0.25, 0.3) is 0 Å². The maximum Gasteiger partial charge on any atom is 0.264 e. The first-order valence-corrected chi connectivity index (χ1v) is 13.6. The van der Waals surface area contributed by atoms with E-state index in [1.54, 1.807) is 77.7 Å². The van der Waals surface area contributed by atoms with Crippen molar-refractivity contribution >= 4 is 31.6 Å². The molecule has 10 heteroatoms. The van der Waals surface area contributed by atoms with E-state index < -0.39 is 20.0 Å². The average Bonchev–Trinajstić information content (AvgIpc) is 2.89. The van der Waals surface area contributed by atoms with Gasteiger partial charge in [-0.1, -0.05) is 48.5 Å². The third kappa shape index (κ3) is 4.56. The maximum atomic E-state index is 13.4. The predicted octanol–water partition coefficient (Wildman–Crippen LogP) is 2.66. The van der Waals surface area contributed by atoms with E-state index in [-0.39, 0.29) is 53.1 Å². The highest BCUT2D eigenvalue weighted by molar-refractivity contribution is 7.92. The van der Waals surface area contributed by atoms with Gasteiger partial charge in [0.25, 0.3) is 15.9 Å². The molecule has 0 aliphatic carbocycles. The first kappa shape index (κ1) is 23.9. The smallest absolute Gasteiger partial charge is 0.264 e. The monoisotopic (exact) mass is 499 g/mol. The molecule has 1 amide bonds. The van der Waals surface area contributed by atoms with Crippen LogP contribution >= 0.6 is 0 Å². The lowest BCUT2D eigenvalue weighted by molar-refractivity contribution is 0.0698. The van der Waals surface area contributed by atoms with Gasteiger partial charge in [-0.15, -0.1) is 0 Å². The Bertz CT molecular complexity index is 1370. The minimum absolute atomic E-state index is 0.125. The van der Waals surface area contributed by atoms with Crippen molar-refractivity contribution in [1.29, 1.82) is 0 Å². The lowest BCUT2D eigenvalue weighted by Crippen LogP contribution is -2.50. The van der Waals surface area contributed by atoms with Crippen molar-refractivity contribution in [3.8, 4) is 0 Å². The number of hydrogen-bond acceptors (Lipinski definition) is 5. The number of piperazine rings is 1. The molecule has 178 valence electrons. The second kappa shape index (κ2) is 9.57. The van der Waals surface area contributed by atoms with E-state index >= 15 is 0 Å². The summed E-state index contributed by atoms with van der Waals surface area (Å²) in [4.78, 5) is 15.2. The number of benzene rings is 3. The summed E-state index contributed by atoms with van der Waals surface area (Å²) in [6, 6.07) is 22.7. The molecule has 0 spiro atoms. The van der Waals surface area contributed by atoms with E-state index in [0.29, 0.717) is 0 Å². The standard InChI is InChI=1S/C24H25N3O5S2/c1-25(33(29,30)20-10-4-2-5-11-20)23-15-9-8-14-22(23)24(28)26-16-18-27(19-17-26)34(31,32)21-12-6-3-7-13-21/h2-15H,16-19H2,1H3. The van der Waals surface area contributed by atoms with E-state index in [1.165, 1.54) is 23.5 Å². The van der Waals surface area contributed by atoms with Crippen molar-refractivity contribution in [2.45, 2.75) is 9.79 Å². The van der Waals surface area contributed by atoms with E-state index in [4.69, 9.17) is 0 Å². The van der Waals surface area contributed by atoms with E-state index in [0.717, 1.165) is 4.31 Å². The molecule has 0 aromatic heterocycles. The third-order valence-electron chi connectivity index (χ3n) is 5.78. The number of sulfonamides is 2. The van der Waals surface area contributed by atoms with Gasteiger partial charge in [-0.25, -0.2) is 16.8 Å². The molecule has 0 bridgehead atoms. The van der Waals surface area contributed by atoms with E-state index in [2.05, 4.69) is 0 Å². The van der Waals surface area contributed by atoms with Crippen LogP contribution in [0.1, 0.15) is 10.4 Å². The number of hydrogen-bond donors (Lipinski definition) is 0. The van der Waals surface area contributed by atoms with Gasteiger partial charge in [-0.2, -0.15) is 4.31 Å². The van der Waals surface area contributed by atoms with Crippen LogP contribution in [-0.4, -0.2) is 65.2 Å². The molecule has 0 N–H and O–H groups in total. The van der Waals surface area contributed by atoms with Gasteiger partial charge in [0.2, 0.25) is 10.0 Å². The summed E-state index contributed by atoms with van der Waals surface area (Å²) < 4.78 is 54.4. The van der Waals surface area contributed by atoms with Gasteiger partial charge in [0.05, 0.1) is 21.0 Å². The Labute approximate surface area is 200 Å². The lowest BCUT2D eigenvalue weighted by atomic mass is 10.1. The van der Waals surface area contributed by atoms with Crippen LogP contribution in [0.4, 0.5) is 5.69 Å². The van der Waals surface area contributed by atoms with Gasteiger partial charge in [0.15, 0.2) is 0 Å². The summed E-state index contributed by atoms with van der Waals surface area (Å²) in [5.74, 6) is -0.345. The largest absolute Gasteiger partial charge is 0.336 e. The summed E-state index contributed by atoms with van der Waals surface area (Å²) in [5, 5.41) is 0. The first-order valence-electron chi connectivity index (χ1n) is 10.7. The normalized spacial score (nSPS) is 15.1. The summed E-state index contributed by atoms with van der Waals surface area (Å²) in [7, 11) is -6.09. The number of nitrogens with zero attached hydrogens (tertiary/aromatic N) is 3. The molecule has 8 nitrogen and oxygen atoms in total. The van der Waals surface area contributed by atoms with Gasteiger partial charge in [-0.05, 0) is 36.4 Å². The molecule has 3 aromatic carbocycles. The zero-order chi connectivity index (χ0) is 24.3. The molecule has 0 saturated carbocycles. The summed E-state index contributed by atoms with van der Waals surface area (Å²) in [6.07, 6.45) is 0. The molecule has 1 heterocycles. The highest BCUT2D eigenvalue weighted by atomic mass is 32.2. The zero-order valence-corrected chi connectivity index (χ0v) is 20.2. The number of carbonyl (C=O) groups is 1. The predicted molar refractivity (Wildman–Crippen MR) is 130 cm³/mol. The van der Waals surface area contributed by atoms with Gasteiger partial charge in [0, 0.05) is 33.2 Å². The Morgan fingerprint density at radius 2 is 1.21 bits per heavy atom. The molecule has 4 rings (SSSR count). The quantitative estimate of drug-likeness (QED) is 0.520. The number of para-hydroxylation sites is 1. The minimum atomic E-state index is -3.86. The third-order valence-corrected chi connectivity index (χ3v) is 9.48. The molecule has 0 unspecified atom stereocenters. The fraction of sp³-hybridized carbons (Fsp3) is 0.208. The van der Waals surface area contributed by atoms with Crippen LogP contribution < -0.4 is 4.31 Å². The molecule has 3 aromatic rings. The molecule has 1 aliphatic rings. The highest BCUT2D eigenvalue weighted by Gasteiger charge is 2.32. The highest BCUT2D eigenvalue weighted by Crippen LogP contribution is 2.27. The van der Waals surface area contributed by atoms with E-state index in [9.17, 15) is 21.6 Å². The van der Waals surface area contributed by atoms with Crippen LogP contribution in [-0.2, 0) is 20.0 Å². The van der Waals surface area contributed by atoms with Crippen molar-refractivity contribution in [2.75, 3.05) is 37.5 Å². The Hall–Kier alpha value is -3.21. The maximum absolute atomic E-state index is 13.4. The number of rotatable bonds is 6. The minimum Gasteiger partial charge on any atom is -0.336 e. The molecule has 1 fully saturated rings. The topological polar surface area (TPSA) is 95.1 Å². The van der Waals surface area contributed by atoms with Crippen molar-refractivity contribution in [3.05, 3.63) is 90.5 Å². The lowest BCUT2D eigenvalue weighted by Gasteiger charge is -2.34. The van der Waals surface area contributed by atoms with Crippen LogP contribution in [0.5, 0.6) is 0 Å². The van der Waals surface area contributed by atoms with Gasteiger partial charge < -0.3 is 4.90 Å². The van der Waals surface area contributed by atoms with Crippen LogP contribution in [0, 0.1) is 0 Å². The average molecular weight is 500 g/mol. The molecule has 34 heavy (non-hydrogen) atoms. The van der Waals surface area contributed by atoms with Gasteiger partial charge in [0.1, 0.15) is 0 Å². The van der Waals surface area contributed by atoms with Crippen molar-refractivity contribution in [2.24, 2.45) is 0 Å². The summed E-state index contributed by atoms with van der Waals surface area (Å²) in [5.41, 5.74) is 0.500. The number of anilines is 1. The summed E-state index contributed by atoms with van der Waals surface area (Å²) in [6.45, 7) is 0.718. The fourth-order valence-corrected chi connectivity index (χ4v) is 6.53. The van der Waals surface area contributed by atoms with Crippen molar-refractivity contribution < 1.29 is 21.6 Å². The van der Waals surface area contributed by atoms with Crippen molar-refractivity contribution in [3.63, 3.8) is 0 Å².